The lowest BCUT2D eigenvalue weighted by atomic mass is 10.3. The third-order valence-electron chi connectivity index (χ3n) is 2.64. The first-order valence-corrected chi connectivity index (χ1v) is 6.96. The Kier molecular flexibility index (Phi) is 7.38. The molecule has 0 aliphatic carbocycles. The van der Waals surface area contributed by atoms with Crippen molar-refractivity contribution in [1.29, 1.82) is 0 Å². The number of esters is 2. The first kappa shape index (κ1) is 18.3. The van der Waals surface area contributed by atoms with Gasteiger partial charge in [0.05, 0.1) is 27.4 Å². The van der Waals surface area contributed by atoms with Crippen molar-refractivity contribution in [3.63, 3.8) is 0 Å². The maximum atomic E-state index is 11.9. The van der Waals surface area contributed by atoms with Crippen molar-refractivity contribution in [3.8, 4) is 11.5 Å². The molecule has 0 aromatic carbocycles. The Morgan fingerprint density at radius 1 is 1.13 bits per heavy atom. The standard InChI is InChI=1S/C15H20N2O6/c1-5-22-14(18)10(15(19)23-6-2)9-17-13-12(21-4)11(20-3)7-8-16-13/h7-9H,5-6H2,1-4H3,(H,16,17). The SMILES string of the molecule is CCOC(=O)C(=CNc1nccc(OC)c1OC)C(=O)OCC. The van der Waals surface area contributed by atoms with Crippen LogP contribution in [0.5, 0.6) is 11.5 Å². The molecule has 0 unspecified atom stereocenters. The van der Waals surface area contributed by atoms with E-state index in [0.717, 1.165) is 0 Å². The van der Waals surface area contributed by atoms with Gasteiger partial charge >= 0.3 is 11.9 Å². The number of hydrogen-bond donors (Lipinski definition) is 1. The molecule has 0 aliphatic heterocycles. The van der Waals surface area contributed by atoms with Gasteiger partial charge in [-0.1, -0.05) is 0 Å². The number of nitrogens with zero attached hydrogens (tertiary/aromatic N) is 1. The molecular formula is C15H20N2O6. The largest absolute Gasteiger partial charge is 0.493 e. The van der Waals surface area contributed by atoms with Gasteiger partial charge in [0.1, 0.15) is 0 Å². The highest BCUT2D eigenvalue weighted by atomic mass is 16.6. The highest BCUT2D eigenvalue weighted by Crippen LogP contribution is 2.32. The van der Waals surface area contributed by atoms with Crippen LogP contribution in [0.15, 0.2) is 24.0 Å². The van der Waals surface area contributed by atoms with Gasteiger partial charge in [-0.3, -0.25) is 0 Å². The Morgan fingerprint density at radius 3 is 2.22 bits per heavy atom. The van der Waals surface area contributed by atoms with Crippen molar-refractivity contribution in [2.24, 2.45) is 0 Å². The molecule has 23 heavy (non-hydrogen) atoms. The normalized spacial score (nSPS) is 9.57. The fraction of sp³-hybridized carbons (Fsp3) is 0.400. The number of anilines is 1. The minimum Gasteiger partial charge on any atom is -0.493 e. The molecule has 8 nitrogen and oxygen atoms in total. The van der Waals surface area contributed by atoms with E-state index in [4.69, 9.17) is 18.9 Å². The van der Waals surface area contributed by atoms with E-state index in [1.807, 2.05) is 0 Å². The molecule has 0 atom stereocenters. The van der Waals surface area contributed by atoms with Gasteiger partial charge in [-0.25, -0.2) is 14.6 Å². The Hall–Kier alpha value is -2.77. The second-order valence-electron chi connectivity index (χ2n) is 4.04. The Labute approximate surface area is 134 Å². The van der Waals surface area contributed by atoms with Crippen LogP contribution in [0.25, 0.3) is 0 Å². The van der Waals surface area contributed by atoms with Crippen LogP contribution in [0.1, 0.15) is 13.8 Å². The van der Waals surface area contributed by atoms with E-state index in [1.165, 1.54) is 26.6 Å². The van der Waals surface area contributed by atoms with Crippen molar-refractivity contribution in [2.45, 2.75) is 13.8 Å². The Morgan fingerprint density at radius 2 is 1.74 bits per heavy atom. The highest BCUT2D eigenvalue weighted by molar-refractivity contribution is 6.14. The molecule has 0 aliphatic rings. The lowest BCUT2D eigenvalue weighted by Crippen LogP contribution is -2.19. The lowest BCUT2D eigenvalue weighted by Gasteiger charge is -2.12. The fourth-order valence-electron chi connectivity index (χ4n) is 1.65. The average Bonchev–Trinajstić information content (AvgIpc) is 2.55. The number of rotatable bonds is 8. The minimum absolute atomic E-state index is 0.135. The van der Waals surface area contributed by atoms with Crippen LogP contribution >= 0.6 is 0 Å². The van der Waals surface area contributed by atoms with E-state index in [1.54, 1.807) is 19.9 Å². The summed E-state index contributed by atoms with van der Waals surface area (Å²) in [6.45, 7) is 3.55. The average molecular weight is 324 g/mol. The summed E-state index contributed by atoms with van der Waals surface area (Å²) in [5.41, 5.74) is -0.277. The molecule has 0 amide bonds. The lowest BCUT2D eigenvalue weighted by molar-refractivity contribution is -0.146. The van der Waals surface area contributed by atoms with Gasteiger partial charge in [0, 0.05) is 18.5 Å². The number of carbonyl (C=O) groups is 2. The minimum atomic E-state index is -0.791. The van der Waals surface area contributed by atoms with Crippen molar-refractivity contribution in [1.82, 2.24) is 4.98 Å². The molecule has 8 heteroatoms. The van der Waals surface area contributed by atoms with Gasteiger partial charge in [-0.15, -0.1) is 0 Å². The second kappa shape index (κ2) is 9.29. The third kappa shape index (κ3) is 4.87. The number of hydrogen-bond acceptors (Lipinski definition) is 8. The number of ether oxygens (including phenoxy) is 4. The number of methoxy groups -OCH3 is 2. The van der Waals surface area contributed by atoms with Crippen LogP contribution in [0.3, 0.4) is 0 Å². The first-order valence-electron chi connectivity index (χ1n) is 6.96. The molecule has 1 heterocycles. The van der Waals surface area contributed by atoms with Crippen LogP contribution in [-0.4, -0.2) is 44.4 Å². The van der Waals surface area contributed by atoms with Gasteiger partial charge < -0.3 is 24.3 Å². The van der Waals surface area contributed by atoms with Crippen LogP contribution in [0.4, 0.5) is 5.82 Å². The van der Waals surface area contributed by atoms with Gasteiger partial charge in [-0.05, 0) is 13.8 Å². The molecule has 0 saturated heterocycles. The van der Waals surface area contributed by atoms with E-state index in [2.05, 4.69) is 10.3 Å². The Bertz CT molecular complexity index is 565. The van der Waals surface area contributed by atoms with Crippen LogP contribution < -0.4 is 14.8 Å². The van der Waals surface area contributed by atoms with E-state index < -0.39 is 11.9 Å². The molecular weight excluding hydrogens is 304 g/mol. The summed E-state index contributed by atoms with van der Waals surface area (Å²) in [4.78, 5) is 27.8. The number of nitrogens with one attached hydrogen (secondary N) is 1. The number of aromatic nitrogens is 1. The number of pyridine rings is 1. The quantitative estimate of drug-likeness (QED) is 0.333. The van der Waals surface area contributed by atoms with Crippen LogP contribution in [-0.2, 0) is 19.1 Å². The molecule has 0 radical (unpaired) electrons. The van der Waals surface area contributed by atoms with Gasteiger partial charge in [0.15, 0.2) is 17.1 Å². The van der Waals surface area contributed by atoms with Crippen molar-refractivity contribution in [2.75, 3.05) is 32.8 Å². The van der Waals surface area contributed by atoms with E-state index >= 15 is 0 Å². The summed E-state index contributed by atoms with van der Waals surface area (Å²) in [5, 5.41) is 2.74. The zero-order valence-corrected chi connectivity index (χ0v) is 13.5. The predicted molar refractivity (Wildman–Crippen MR) is 82.3 cm³/mol. The molecule has 1 aromatic heterocycles. The summed E-state index contributed by atoms with van der Waals surface area (Å²) < 4.78 is 20.0. The zero-order chi connectivity index (χ0) is 17.2. The zero-order valence-electron chi connectivity index (χ0n) is 13.5. The van der Waals surface area contributed by atoms with Crippen molar-refractivity contribution >= 4 is 17.8 Å². The van der Waals surface area contributed by atoms with Crippen LogP contribution in [0, 0.1) is 0 Å². The summed E-state index contributed by atoms with van der Waals surface area (Å²) in [6, 6.07) is 1.62. The molecule has 0 spiro atoms. The Balaban J connectivity index is 3.09. The van der Waals surface area contributed by atoms with E-state index in [0.29, 0.717) is 11.5 Å². The molecule has 0 fully saturated rings. The van der Waals surface area contributed by atoms with Gasteiger partial charge in [0.2, 0.25) is 5.75 Å². The maximum Gasteiger partial charge on any atom is 0.347 e. The molecule has 0 saturated carbocycles. The van der Waals surface area contributed by atoms with Crippen molar-refractivity contribution in [3.05, 3.63) is 24.0 Å². The van der Waals surface area contributed by atoms with Crippen molar-refractivity contribution < 1.29 is 28.5 Å². The number of carbonyl (C=O) groups excluding carboxylic acids is 2. The monoisotopic (exact) mass is 324 g/mol. The summed E-state index contributed by atoms with van der Waals surface area (Å²) in [7, 11) is 2.94. The summed E-state index contributed by atoms with van der Waals surface area (Å²) >= 11 is 0. The van der Waals surface area contributed by atoms with Gasteiger partial charge in [0.25, 0.3) is 0 Å². The maximum absolute atomic E-state index is 11.9. The second-order valence-corrected chi connectivity index (χ2v) is 4.04. The first-order chi connectivity index (χ1) is 11.1. The molecule has 0 bridgehead atoms. The highest BCUT2D eigenvalue weighted by Gasteiger charge is 2.21. The van der Waals surface area contributed by atoms with Gasteiger partial charge in [-0.2, -0.15) is 0 Å². The predicted octanol–water partition coefficient (Wildman–Crippen LogP) is 1.52. The fourth-order valence-corrected chi connectivity index (χ4v) is 1.65. The molecule has 126 valence electrons. The molecule has 1 aromatic rings. The van der Waals surface area contributed by atoms with Crippen LogP contribution in [0.2, 0.25) is 0 Å². The summed E-state index contributed by atoms with van der Waals surface area (Å²) in [5.74, 6) is -0.524. The van der Waals surface area contributed by atoms with E-state index in [9.17, 15) is 9.59 Å². The molecule has 1 N–H and O–H groups in total. The molecule has 1 rings (SSSR count). The topological polar surface area (TPSA) is 96.0 Å². The smallest absolute Gasteiger partial charge is 0.347 e. The summed E-state index contributed by atoms with van der Waals surface area (Å²) in [6.07, 6.45) is 2.66. The third-order valence-corrected chi connectivity index (χ3v) is 2.64. The van der Waals surface area contributed by atoms with E-state index in [-0.39, 0.29) is 24.6 Å².